The van der Waals surface area contributed by atoms with E-state index in [1.54, 1.807) is 6.07 Å². The van der Waals surface area contributed by atoms with Gasteiger partial charge in [-0.3, -0.25) is 9.45 Å². The number of fused-ring (bicyclic) bond motifs is 2. The largest absolute Gasteiger partial charge is 0.506 e. The molecule has 0 bridgehead atoms. The molecule has 1 aromatic carbocycles. The van der Waals surface area contributed by atoms with Crippen LogP contribution in [-0.4, -0.2) is 81.9 Å². The van der Waals surface area contributed by atoms with Crippen molar-refractivity contribution in [2.45, 2.75) is 68.5 Å². The average Bonchev–Trinajstić information content (AvgIpc) is 2.77. The summed E-state index contributed by atoms with van der Waals surface area (Å²) in [5, 5.41) is 39.1. The topological polar surface area (TPSA) is 174 Å². The maximum atomic E-state index is 12.4. The molecule has 0 spiro atoms. The van der Waals surface area contributed by atoms with Crippen LogP contribution in [0.1, 0.15) is 37.3 Å². The zero-order valence-electron chi connectivity index (χ0n) is 18.6. The molecular formula is C22H29NO10S. The number of aliphatic hydroxyl groups excluding tert-OH is 3. The molecule has 0 saturated carbocycles. The van der Waals surface area contributed by atoms with E-state index in [9.17, 15) is 38.2 Å². The Hall–Kier alpha value is -2.38. The molecule has 5 atom stereocenters. The number of rotatable bonds is 6. The minimum absolute atomic E-state index is 0.195. The third kappa shape index (κ3) is 4.48. The second-order valence-electron chi connectivity index (χ2n) is 8.98. The van der Waals surface area contributed by atoms with Gasteiger partial charge in [-0.05, 0) is 68.3 Å². The van der Waals surface area contributed by atoms with Crippen molar-refractivity contribution in [1.29, 1.82) is 0 Å². The maximum absolute atomic E-state index is 12.4. The van der Waals surface area contributed by atoms with Crippen LogP contribution in [0, 0.1) is 5.92 Å². The first-order chi connectivity index (χ1) is 16.0. The predicted molar refractivity (Wildman–Crippen MR) is 117 cm³/mol. The summed E-state index contributed by atoms with van der Waals surface area (Å²) in [5.41, 5.74) is 1.18. The fraction of sp³-hybridized carbons (Fsp3) is 0.591. The smallest absolute Gasteiger partial charge is 0.375 e. The summed E-state index contributed by atoms with van der Waals surface area (Å²) in [6, 6.07) is 3.27. The van der Waals surface area contributed by atoms with E-state index in [4.69, 9.17) is 9.47 Å². The van der Waals surface area contributed by atoms with Gasteiger partial charge in [0.05, 0.1) is 0 Å². The number of piperidine rings is 1. The monoisotopic (exact) mass is 499 g/mol. The molecule has 1 saturated heterocycles. The highest BCUT2D eigenvalue weighted by molar-refractivity contribution is 7.86. The Morgan fingerprint density at radius 3 is 2.65 bits per heavy atom. The van der Waals surface area contributed by atoms with Crippen LogP contribution < -0.4 is 4.74 Å². The van der Waals surface area contributed by atoms with Crippen LogP contribution >= 0.6 is 0 Å². The lowest BCUT2D eigenvalue weighted by atomic mass is 9.75. The number of aliphatic hydroxyl groups is 3. The number of ether oxygens (including phenoxy) is 2. The zero-order valence-corrected chi connectivity index (χ0v) is 19.4. The van der Waals surface area contributed by atoms with E-state index in [0.717, 1.165) is 37.9 Å². The van der Waals surface area contributed by atoms with Gasteiger partial charge in [0.2, 0.25) is 5.76 Å². The lowest BCUT2D eigenvalue weighted by Crippen LogP contribution is -2.49. The number of likely N-dealkylation sites (tertiary alicyclic amines) is 1. The molecule has 1 fully saturated rings. The summed E-state index contributed by atoms with van der Waals surface area (Å²) < 4.78 is 45.4. The van der Waals surface area contributed by atoms with Crippen molar-refractivity contribution in [1.82, 2.24) is 4.90 Å². The second-order valence-corrected chi connectivity index (χ2v) is 10.3. The summed E-state index contributed by atoms with van der Waals surface area (Å²) in [6.45, 7) is 4.06. The van der Waals surface area contributed by atoms with Crippen molar-refractivity contribution in [2.24, 2.45) is 5.92 Å². The third-order valence-electron chi connectivity index (χ3n) is 6.81. The SMILES string of the molecule is CCCN1CCC[C@@H]2Cc3c(ccc(O[C@@H]4OC(C(=O)O)=C(O)[C@H](O)[C@H]4O)c3S(=O)(=O)O)CC21. The Morgan fingerprint density at radius 2 is 2.00 bits per heavy atom. The van der Waals surface area contributed by atoms with Crippen molar-refractivity contribution >= 4 is 16.1 Å². The number of benzene rings is 1. The molecule has 11 nitrogen and oxygen atoms in total. The molecular weight excluding hydrogens is 470 g/mol. The number of hydrogen-bond acceptors (Lipinski definition) is 9. The summed E-state index contributed by atoms with van der Waals surface area (Å²) in [4.78, 5) is 13.3. The van der Waals surface area contributed by atoms with Gasteiger partial charge in [-0.1, -0.05) is 13.0 Å². The molecule has 5 N–H and O–H groups in total. The number of carbonyl (C=O) groups is 1. The molecule has 12 heteroatoms. The third-order valence-corrected chi connectivity index (χ3v) is 7.77. The first-order valence-corrected chi connectivity index (χ1v) is 12.7. The van der Waals surface area contributed by atoms with Crippen LogP contribution in [0.15, 0.2) is 28.5 Å². The van der Waals surface area contributed by atoms with Crippen LogP contribution in [0.4, 0.5) is 0 Å². The molecule has 0 aromatic heterocycles. The molecule has 3 aliphatic rings. The van der Waals surface area contributed by atoms with Crippen LogP contribution in [-0.2, 0) is 32.5 Å². The van der Waals surface area contributed by atoms with E-state index in [2.05, 4.69) is 11.8 Å². The van der Waals surface area contributed by atoms with Crippen molar-refractivity contribution < 1.29 is 47.7 Å². The molecule has 2 aliphatic heterocycles. The average molecular weight is 500 g/mol. The van der Waals surface area contributed by atoms with Crippen molar-refractivity contribution in [3.05, 3.63) is 34.8 Å². The number of hydrogen-bond donors (Lipinski definition) is 5. The normalized spacial score (nSPS) is 29.7. The van der Waals surface area contributed by atoms with E-state index in [0.29, 0.717) is 18.4 Å². The summed E-state index contributed by atoms with van der Waals surface area (Å²) >= 11 is 0. The zero-order chi connectivity index (χ0) is 24.8. The van der Waals surface area contributed by atoms with Gasteiger partial charge >= 0.3 is 5.97 Å². The molecule has 4 rings (SSSR count). The van der Waals surface area contributed by atoms with Crippen LogP contribution in [0.25, 0.3) is 0 Å². The highest BCUT2D eigenvalue weighted by Gasteiger charge is 2.44. The summed E-state index contributed by atoms with van der Waals surface area (Å²) in [5.74, 6) is -3.98. The maximum Gasteiger partial charge on any atom is 0.375 e. The summed E-state index contributed by atoms with van der Waals surface area (Å²) in [7, 11) is -4.77. The first kappa shape index (κ1) is 24.7. The van der Waals surface area contributed by atoms with Gasteiger partial charge in [0.15, 0.2) is 11.9 Å². The van der Waals surface area contributed by atoms with E-state index in [1.807, 2.05) is 0 Å². The van der Waals surface area contributed by atoms with Gasteiger partial charge in [0.25, 0.3) is 16.4 Å². The number of carboxylic acid groups (broad SMARTS) is 1. The van der Waals surface area contributed by atoms with Gasteiger partial charge in [0, 0.05) is 6.04 Å². The van der Waals surface area contributed by atoms with Gasteiger partial charge < -0.3 is 29.9 Å². The van der Waals surface area contributed by atoms with E-state index >= 15 is 0 Å². The van der Waals surface area contributed by atoms with Crippen molar-refractivity contribution in [2.75, 3.05) is 13.1 Å². The Labute approximate surface area is 197 Å². The molecule has 0 amide bonds. The van der Waals surface area contributed by atoms with Crippen molar-refractivity contribution in [3.8, 4) is 5.75 Å². The standard InChI is InChI=1S/C22H29NO10S/c1-2-7-23-8-3-4-12-9-13-11(10-14(12)23)5-6-15(20(13)34(29,30)31)32-22-18(26)16(24)17(25)19(33-22)21(27)28/h5-6,12,14,16,18,22,24-26H,2-4,7-10H2,1H3,(H,27,28)(H,29,30,31)/t12-,14?,16+,18-,22-/m1/s1. The summed E-state index contributed by atoms with van der Waals surface area (Å²) in [6.07, 6.45) is -1.85. The quantitative estimate of drug-likeness (QED) is 0.351. The van der Waals surface area contributed by atoms with Crippen LogP contribution in [0.2, 0.25) is 0 Å². The predicted octanol–water partition coefficient (Wildman–Crippen LogP) is 0.834. The molecule has 188 valence electrons. The highest BCUT2D eigenvalue weighted by atomic mass is 32.2. The number of nitrogens with zero attached hydrogens (tertiary/aromatic N) is 1. The Morgan fingerprint density at radius 1 is 1.26 bits per heavy atom. The molecule has 1 aliphatic carbocycles. The van der Waals surface area contributed by atoms with Gasteiger partial charge in [0.1, 0.15) is 16.7 Å². The molecule has 0 radical (unpaired) electrons. The number of aliphatic carboxylic acids is 1. The second kappa shape index (κ2) is 9.34. The van der Waals surface area contributed by atoms with E-state index in [-0.39, 0.29) is 17.7 Å². The van der Waals surface area contributed by atoms with Crippen molar-refractivity contribution in [3.63, 3.8) is 0 Å². The number of carboxylic acids is 1. The lowest BCUT2D eigenvalue weighted by molar-refractivity contribution is -0.184. The first-order valence-electron chi connectivity index (χ1n) is 11.2. The van der Waals surface area contributed by atoms with E-state index < -0.39 is 51.0 Å². The van der Waals surface area contributed by atoms with Crippen LogP contribution in [0.3, 0.4) is 0 Å². The highest BCUT2D eigenvalue weighted by Crippen LogP contribution is 2.41. The minimum Gasteiger partial charge on any atom is -0.506 e. The van der Waals surface area contributed by atoms with Gasteiger partial charge in [-0.2, -0.15) is 8.42 Å². The fourth-order valence-corrected chi connectivity index (χ4v) is 6.20. The van der Waals surface area contributed by atoms with Gasteiger partial charge in [-0.25, -0.2) is 4.79 Å². The Kier molecular flexibility index (Phi) is 6.80. The Bertz CT molecular complexity index is 1100. The molecule has 1 unspecified atom stereocenters. The van der Waals surface area contributed by atoms with Crippen LogP contribution in [0.5, 0.6) is 5.75 Å². The molecule has 2 heterocycles. The van der Waals surface area contributed by atoms with E-state index in [1.165, 1.54) is 6.07 Å². The molecule has 34 heavy (non-hydrogen) atoms. The molecule has 1 aromatic rings. The fourth-order valence-electron chi connectivity index (χ4n) is 5.31. The lowest BCUT2D eigenvalue weighted by Gasteiger charge is -2.45. The van der Waals surface area contributed by atoms with Gasteiger partial charge in [-0.15, -0.1) is 0 Å². The Balaban J connectivity index is 1.70. The minimum atomic E-state index is -4.77.